The molecule has 5 amide bonds. The Hall–Kier alpha value is -6.46. The zero-order valence-electron chi connectivity index (χ0n) is 64.9. The fraction of sp³-hybridized carbons (Fsp3) is 0.769. The number of esters is 2. The van der Waals surface area contributed by atoms with E-state index in [-0.39, 0.29) is 156 Å². The van der Waals surface area contributed by atoms with Gasteiger partial charge in [0.15, 0.2) is 36.5 Å². The highest BCUT2D eigenvalue weighted by Gasteiger charge is 2.70. The molecule has 0 aromatic rings. The van der Waals surface area contributed by atoms with Crippen LogP contribution in [0.5, 0.6) is 0 Å². The van der Waals surface area contributed by atoms with E-state index in [1.165, 1.54) is 5.57 Å². The number of aliphatic hydroxyl groups is 4. The van der Waals surface area contributed by atoms with Crippen LogP contribution in [0.15, 0.2) is 28.3 Å². The molecule has 2 heterocycles. The first-order chi connectivity index (χ1) is 53.2. The lowest BCUT2D eigenvalue weighted by molar-refractivity contribution is -0.192. The van der Waals surface area contributed by atoms with E-state index in [9.17, 15) is 91.1 Å². The lowest BCUT2D eigenvalue weighted by Gasteiger charge is -2.60. The number of Topliss-reactive ketones (excluding diaryl/α,β-unsaturated/α-hetero) is 4. The standard InChI is InChI=1S/C50H77N7O11S2.C22H29ClO6.C4H8BNO.C2HF3O2/c1-48-19-17-32(59)23-30(48)15-16-33-34-18-20-50(67,49(34,2)24-38(61)43(33)48)40(62)25-68-42(64)28-69-26-29(45(51)65)22-37(60)35(12-9-21-54-46(52)53)55-41(63)14-6-4-3-5-10-31(58)11-7-8-13-39-44-36(27-70-39)56-47(66)57-44;1-21-9-17(25)20-14-5-3-13(24)8-12(14)2-4-15(20)16(21)6-7-22(21,28)18(26)11-29-19(27)10-23;5-3-1-2-4(6)7;3-2(4,5)1(6)7/h23,29,33-36,38-39,43-44,61,67H,3-22,24-28H2,1-2H3,(H2,51,65)(H,55,63)(H4,52,53,54)(H2,56,57,66);8,14-17,20,25,28H,2-7,9-11H2,1H3;1-3H2,(H2,6,7);(H,6,7)/t29-,33-,34-,35+,36-,38-,39-,43+,44-,48-,49-,50-;14?,15-,16-,17-,20+,21-,22-;;/m00../s1. The number of allylic oxidation sites excluding steroid dienone is 2. The normalized spacial score (nSPS) is 32.0. The van der Waals surface area contributed by atoms with E-state index in [1.54, 1.807) is 12.2 Å². The number of rotatable bonds is 35. The summed E-state index contributed by atoms with van der Waals surface area (Å²) in [5.74, 6) is -6.74. The first kappa shape index (κ1) is 93.7. The lowest BCUT2D eigenvalue weighted by Crippen LogP contribution is -2.62. The number of primary amides is 2. The second-order valence-electron chi connectivity index (χ2n) is 32.9. The number of ether oxygens (including phenoxy) is 2. The number of carboxylic acid groups (broad SMARTS) is 1. The van der Waals surface area contributed by atoms with Gasteiger partial charge in [0.05, 0.1) is 49.9 Å². The maximum atomic E-state index is 13.8. The quantitative estimate of drug-likeness (QED) is 0.00663. The van der Waals surface area contributed by atoms with Crippen LogP contribution in [0.4, 0.5) is 18.0 Å². The summed E-state index contributed by atoms with van der Waals surface area (Å²) in [6.07, 6.45) is 13.7. The fourth-order valence-corrected chi connectivity index (χ4v) is 22.7. The van der Waals surface area contributed by atoms with Crippen LogP contribution in [-0.2, 0) is 67.0 Å². The van der Waals surface area contributed by atoms with Crippen molar-refractivity contribution >= 4 is 125 Å². The number of aliphatic hydroxyl groups excluding tert-OH is 2. The van der Waals surface area contributed by atoms with Crippen molar-refractivity contribution in [3.63, 3.8) is 0 Å². The van der Waals surface area contributed by atoms with E-state index in [0.29, 0.717) is 95.0 Å². The number of nitrogens with zero attached hydrogens (tertiary/aromatic N) is 1. The molecule has 19 atom stereocenters. The van der Waals surface area contributed by atoms with Crippen LogP contribution in [0, 0.1) is 63.6 Å². The number of thioether (sulfide) groups is 2. The van der Waals surface area contributed by atoms with Crippen LogP contribution in [0.2, 0.25) is 6.32 Å². The maximum Gasteiger partial charge on any atom is 0.490 e. The second-order valence-corrected chi connectivity index (χ2v) is 35.5. The molecule has 0 bridgehead atoms. The van der Waals surface area contributed by atoms with Gasteiger partial charge in [0.25, 0.3) is 0 Å². The van der Waals surface area contributed by atoms with E-state index in [1.807, 2.05) is 25.6 Å². The van der Waals surface area contributed by atoms with Crippen molar-refractivity contribution in [2.75, 3.05) is 42.9 Å². The predicted octanol–water partition coefficient (Wildman–Crippen LogP) is 5.95. The minimum Gasteiger partial charge on any atom is -0.475 e. The van der Waals surface area contributed by atoms with Gasteiger partial charge >= 0.3 is 30.1 Å². The summed E-state index contributed by atoms with van der Waals surface area (Å²) in [5.41, 5.74) is 18.2. The number of hydrogen-bond donors (Lipinski definition) is 12. The number of nitrogens with two attached hydrogens (primary N) is 4. The average molecular weight is 1650 g/mol. The third kappa shape index (κ3) is 23.7. The van der Waals surface area contributed by atoms with Crippen LogP contribution in [0.3, 0.4) is 0 Å². The molecule has 113 heavy (non-hydrogen) atoms. The number of halogens is 4. The zero-order chi connectivity index (χ0) is 83.6. The van der Waals surface area contributed by atoms with Crippen molar-refractivity contribution in [3.05, 3.63) is 23.3 Å². The number of aliphatic imine (C=N–C) groups is 1. The molecule has 2 aliphatic heterocycles. The Kier molecular flexibility index (Phi) is 34.5. The molecule has 28 nitrogen and oxygen atoms in total. The molecule has 10 rings (SSSR count). The molecule has 0 aromatic carbocycles. The molecule has 630 valence electrons. The lowest BCUT2D eigenvalue weighted by atomic mass is 9.45. The molecule has 16 N–H and O–H groups in total. The van der Waals surface area contributed by atoms with Gasteiger partial charge < -0.3 is 73.9 Å². The highest BCUT2D eigenvalue weighted by Crippen LogP contribution is 2.68. The summed E-state index contributed by atoms with van der Waals surface area (Å²) >= 11 is 8.31. The molecule has 8 aliphatic carbocycles. The highest BCUT2D eigenvalue weighted by atomic mass is 35.5. The summed E-state index contributed by atoms with van der Waals surface area (Å²) in [4.78, 5) is 161. The minimum absolute atomic E-state index is 0.00532. The minimum atomic E-state index is -5.08. The number of carbonyl (C=O) groups is 13. The molecule has 10 aliphatic rings. The zero-order valence-corrected chi connectivity index (χ0v) is 67.3. The Bertz CT molecular complexity index is 3580. The number of urea groups is 1. The van der Waals surface area contributed by atoms with Gasteiger partial charge in [-0.25, -0.2) is 9.59 Å². The summed E-state index contributed by atoms with van der Waals surface area (Å²) in [5, 5.41) is 62.6. The Morgan fingerprint density at radius 2 is 1.33 bits per heavy atom. The Balaban J connectivity index is 0.000000333. The van der Waals surface area contributed by atoms with Crippen LogP contribution in [0.1, 0.15) is 207 Å². The topological polar surface area (TPSA) is 494 Å². The average Bonchev–Trinajstić information content (AvgIpc) is 1.58. The monoisotopic (exact) mass is 1650 g/mol. The Morgan fingerprint density at radius 3 is 1.92 bits per heavy atom. The second kappa shape index (κ2) is 41.6. The predicted molar refractivity (Wildman–Crippen MR) is 415 cm³/mol. The molecule has 8 fully saturated rings. The molecule has 35 heteroatoms. The van der Waals surface area contributed by atoms with Crippen LogP contribution in [-0.4, -0.2) is 212 Å². The number of alkyl halides is 4. The van der Waals surface area contributed by atoms with Crippen molar-refractivity contribution in [3.8, 4) is 0 Å². The van der Waals surface area contributed by atoms with Crippen molar-refractivity contribution < 1.29 is 111 Å². The van der Waals surface area contributed by atoms with E-state index < -0.39 is 107 Å². The summed E-state index contributed by atoms with van der Waals surface area (Å²) < 4.78 is 42.0. The van der Waals surface area contributed by atoms with E-state index in [4.69, 9.17) is 61.8 Å². The first-order valence-corrected chi connectivity index (χ1v) is 42.4. The van der Waals surface area contributed by atoms with Crippen LogP contribution < -0.4 is 38.9 Å². The van der Waals surface area contributed by atoms with Gasteiger partial charge in [-0.05, 0) is 175 Å². The van der Waals surface area contributed by atoms with Gasteiger partial charge in [-0.1, -0.05) is 63.9 Å². The molecule has 2 radical (unpaired) electrons. The summed E-state index contributed by atoms with van der Waals surface area (Å²) in [6, 6.07) is -0.665. The fourth-order valence-electron chi connectivity index (χ4n) is 20.2. The number of fused-ring (bicyclic) bond motifs is 11. The number of carbonyl (C=O) groups excluding carboxylic acids is 12. The van der Waals surface area contributed by atoms with Crippen LogP contribution >= 0.6 is 35.1 Å². The number of unbranched alkanes of at least 4 members (excludes halogenated alkanes) is 4. The molecule has 6 saturated carbocycles. The third-order valence-corrected chi connectivity index (χ3v) is 28.7. The SMILES string of the molecule is C[C@]12CCC(=O)C=C1CC[C@@H]1[C@@H]2[C@@H](O)C[C@@]2(C)[C@H]1CC[C@]2(O)C(=O)COC(=O)CSC[C@H](CC(=O)[C@@H](CCCN=C(N)N)NC(=O)CCCCCCC(=O)CCCC[C@@H]1SC[C@@H]2NC(=O)N[C@@H]21)C(N)=O.C[C@]12C[C@H](O)[C@@H]3C4CCC(=O)C=C4CC[C@H]3[C@@H]1CC[C@]2(O)C(=O)COC(=O)CCl.O=C(O)C(F)(F)F.[B]CCCC(N)=O. The number of ketones is 6. The smallest absolute Gasteiger partial charge is 0.475 e. The van der Waals surface area contributed by atoms with Crippen molar-refractivity contribution in [1.29, 1.82) is 0 Å². The molecular weight excluding hydrogens is 1540 g/mol. The number of aliphatic carboxylic acids is 1. The van der Waals surface area contributed by atoms with Crippen molar-refractivity contribution in [2.24, 2.45) is 91.5 Å². The molecule has 0 spiro atoms. The van der Waals surface area contributed by atoms with Gasteiger partial charge in [0, 0.05) is 79.1 Å². The van der Waals surface area contributed by atoms with Crippen molar-refractivity contribution in [2.45, 2.75) is 266 Å². The maximum absolute atomic E-state index is 13.8. The van der Waals surface area contributed by atoms with Gasteiger partial charge in [0.1, 0.15) is 22.9 Å². The van der Waals surface area contributed by atoms with E-state index >= 15 is 0 Å². The van der Waals surface area contributed by atoms with Gasteiger partial charge in [0.2, 0.25) is 29.3 Å². The number of nitrogens with one attached hydrogen (secondary N) is 3. The summed E-state index contributed by atoms with van der Waals surface area (Å²) in [7, 11) is 5.07. The number of hydrogen-bond acceptors (Lipinski definition) is 22. The first-order valence-electron chi connectivity index (χ1n) is 39.6. The van der Waals surface area contributed by atoms with Gasteiger partial charge in [-0.3, -0.25) is 57.7 Å². The molecule has 0 aromatic heterocycles. The number of guanidine groups is 1. The molecular formula is C78H115BClF3N8O20S2. The van der Waals surface area contributed by atoms with E-state index in [2.05, 4.69) is 27.9 Å². The summed E-state index contributed by atoms with van der Waals surface area (Å²) in [6.45, 7) is 4.98. The third-order valence-electron chi connectivity index (χ3n) is 25.9. The van der Waals surface area contributed by atoms with Gasteiger partial charge in [-0.15, -0.1) is 23.4 Å². The Morgan fingerprint density at radius 1 is 0.735 bits per heavy atom. The van der Waals surface area contributed by atoms with E-state index in [0.717, 1.165) is 93.7 Å². The van der Waals surface area contributed by atoms with Crippen LogP contribution in [0.25, 0.3) is 0 Å². The number of amides is 5. The largest absolute Gasteiger partial charge is 0.490 e. The molecule has 2 saturated heterocycles. The highest BCUT2D eigenvalue weighted by molar-refractivity contribution is 8.00. The number of carboxylic acids is 1. The molecule has 1 unspecified atom stereocenters. The Labute approximate surface area is 672 Å². The van der Waals surface area contributed by atoms with Crippen molar-refractivity contribution in [1.82, 2.24) is 16.0 Å². The van der Waals surface area contributed by atoms with Gasteiger partial charge in [-0.2, -0.15) is 24.9 Å².